The van der Waals surface area contributed by atoms with Crippen LogP contribution in [0.5, 0.6) is 0 Å². The van der Waals surface area contributed by atoms with Gasteiger partial charge in [0.15, 0.2) is 0 Å². The highest BCUT2D eigenvalue weighted by Gasteiger charge is 2.12. The van der Waals surface area contributed by atoms with Gasteiger partial charge in [0.25, 0.3) is 0 Å². The molecule has 0 aliphatic heterocycles. The lowest BCUT2D eigenvalue weighted by molar-refractivity contribution is 0.106. The second kappa shape index (κ2) is 7.80. The maximum atomic E-state index is 5.29. The van der Waals surface area contributed by atoms with Gasteiger partial charge in [-0.2, -0.15) is 0 Å². The lowest BCUT2D eigenvalue weighted by Gasteiger charge is -2.18. The van der Waals surface area contributed by atoms with Crippen molar-refractivity contribution in [2.24, 2.45) is 0 Å². The third-order valence-corrected chi connectivity index (χ3v) is 3.76. The second-order valence-electron chi connectivity index (χ2n) is 4.44. The molecule has 1 aromatic rings. The van der Waals surface area contributed by atoms with Gasteiger partial charge in [0.2, 0.25) is 0 Å². The Kier molecular flexibility index (Phi) is 6.70. The fourth-order valence-electron chi connectivity index (χ4n) is 1.87. The molecule has 0 saturated heterocycles. The number of rotatable bonds is 8. The molecule has 3 nitrogen and oxygen atoms in total. The van der Waals surface area contributed by atoms with Crippen molar-refractivity contribution in [2.75, 3.05) is 13.7 Å². The summed E-state index contributed by atoms with van der Waals surface area (Å²) in [6.45, 7) is 7.34. The van der Waals surface area contributed by atoms with Gasteiger partial charge in [0, 0.05) is 25.0 Å². The Morgan fingerprint density at radius 1 is 1.47 bits per heavy atom. The zero-order chi connectivity index (χ0) is 12.7. The van der Waals surface area contributed by atoms with Crippen molar-refractivity contribution in [1.29, 1.82) is 0 Å². The Balaban J connectivity index is 2.42. The quantitative estimate of drug-likeness (QED) is 0.776. The van der Waals surface area contributed by atoms with Crippen LogP contribution in [0.2, 0.25) is 0 Å². The molecule has 0 saturated carbocycles. The zero-order valence-electron chi connectivity index (χ0n) is 11.3. The van der Waals surface area contributed by atoms with Gasteiger partial charge in [-0.3, -0.25) is 0 Å². The molecule has 0 amide bonds. The van der Waals surface area contributed by atoms with Crippen LogP contribution in [-0.4, -0.2) is 30.8 Å². The molecule has 0 aromatic carbocycles. The van der Waals surface area contributed by atoms with Gasteiger partial charge in [-0.25, -0.2) is 4.98 Å². The molecule has 98 valence electrons. The molecule has 0 aliphatic rings. The number of likely N-dealkylation sites (N-methyl/N-ethyl adjacent to an activating group) is 1. The largest absolute Gasteiger partial charge is 0.382 e. The molecule has 0 aliphatic carbocycles. The van der Waals surface area contributed by atoms with E-state index in [1.165, 1.54) is 5.69 Å². The van der Waals surface area contributed by atoms with E-state index < -0.39 is 0 Å². The summed E-state index contributed by atoms with van der Waals surface area (Å²) in [6, 6.07) is 0.513. The smallest absolute Gasteiger partial charge is 0.0897 e. The Hall–Kier alpha value is -0.450. The van der Waals surface area contributed by atoms with Crippen molar-refractivity contribution in [3.05, 3.63) is 16.1 Å². The lowest BCUT2D eigenvalue weighted by atomic mass is 10.0. The van der Waals surface area contributed by atoms with Gasteiger partial charge < -0.3 is 10.1 Å². The van der Waals surface area contributed by atoms with E-state index in [1.807, 2.05) is 0 Å². The normalized spacial score (nSPS) is 14.8. The van der Waals surface area contributed by atoms with Crippen LogP contribution < -0.4 is 5.32 Å². The predicted octanol–water partition coefficient (Wildman–Crippen LogP) is 2.79. The summed E-state index contributed by atoms with van der Waals surface area (Å²) in [6.07, 6.45) is 3.60. The predicted molar refractivity (Wildman–Crippen MR) is 73.7 cm³/mol. The second-order valence-corrected chi connectivity index (χ2v) is 5.50. The third kappa shape index (κ3) is 5.61. The average Bonchev–Trinajstić information content (AvgIpc) is 2.71. The Labute approximate surface area is 109 Å². The molecule has 0 spiro atoms. The van der Waals surface area contributed by atoms with E-state index in [0.717, 1.165) is 30.8 Å². The SMILES string of the molecule is CCNC(CCC(C)OC)Cc1csc(C)n1. The van der Waals surface area contributed by atoms with Gasteiger partial charge in [-0.05, 0) is 33.2 Å². The zero-order valence-corrected chi connectivity index (χ0v) is 12.1. The van der Waals surface area contributed by atoms with E-state index in [2.05, 4.69) is 36.5 Å². The van der Waals surface area contributed by atoms with Crippen LogP contribution in [0.1, 0.15) is 37.4 Å². The summed E-state index contributed by atoms with van der Waals surface area (Å²) < 4.78 is 5.29. The van der Waals surface area contributed by atoms with Crippen LogP contribution in [0.15, 0.2) is 5.38 Å². The Bertz CT molecular complexity index is 314. The highest BCUT2D eigenvalue weighted by Crippen LogP contribution is 2.13. The monoisotopic (exact) mass is 256 g/mol. The standard InChI is InChI=1S/C13H24N2OS/c1-5-14-12(7-6-10(2)16-4)8-13-9-17-11(3)15-13/h9-10,12,14H,5-8H2,1-4H3. The molecule has 1 N–H and O–H groups in total. The molecule has 0 fully saturated rings. The van der Waals surface area contributed by atoms with Crippen LogP contribution in [0, 0.1) is 6.92 Å². The average molecular weight is 256 g/mol. The number of hydrogen-bond acceptors (Lipinski definition) is 4. The van der Waals surface area contributed by atoms with Gasteiger partial charge in [0.05, 0.1) is 16.8 Å². The van der Waals surface area contributed by atoms with Crippen molar-refractivity contribution in [2.45, 2.75) is 52.2 Å². The molecule has 17 heavy (non-hydrogen) atoms. The van der Waals surface area contributed by atoms with Crippen LogP contribution >= 0.6 is 11.3 Å². The maximum absolute atomic E-state index is 5.29. The molecule has 1 aromatic heterocycles. The van der Waals surface area contributed by atoms with Gasteiger partial charge in [0.1, 0.15) is 0 Å². The fraction of sp³-hybridized carbons (Fsp3) is 0.769. The lowest BCUT2D eigenvalue weighted by Crippen LogP contribution is -2.32. The minimum absolute atomic E-state index is 0.341. The fourth-order valence-corrected chi connectivity index (χ4v) is 2.50. The van der Waals surface area contributed by atoms with E-state index in [0.29, 0.717) is 12.1 Å². The molecule has 1 rings (SSSR count). The van der Waals surface area contributed by atoms with Crippen molar-refractivity contribution < 1.29 is 4.74 Å². The topological polar surface area (TPSA) is 34.1 Å². The van der Waals surface area contributed by atoms with Gasteiger partial charge in [-0.1, -0.05) is 6.92 Å². The first-order chi connectivity index (χ1) is 8.15. The van der Waals surface area contributed by atoms with Crippen LogP contribution in [0.4, 0.5) is 0 Å². The van der Waals surface area contributed by atoms with Crippen LogP contribution in [0.25, 0.3) is 0 Å². The Morgan fingerprint density at radius 2 is 2.24 bits per heavy atom. The number of aromatic nitrogens is 1. The van der Waals surface area contributed by atoms with E-state index in [-0.39, 0.29) is 0 Å². The summed E-state index contributed by atoms with van der Waals surface area (Å²) in [7, 11) is 1.77. The number of hydrogen-bond donors (Lipinski definition) is 1. The first-order valence-electron chi connectivity index (χ1n) is 6.32. The number of nitrogens with one attached hydrogen (secondary N) is 1. The molecule has 2 unspecified atom stereocenters. The number of methoxy groups -OCH3 is 1. The number of ether oxygens (including phenoxy) is 1. The molecule has 4 heteroatoms. The Morgan fingerprint density at radius 3 is 2.76 bits per heavy atom. The van der Waals surface area contributed by atoms with Crippen LogP contribution in [0.3, 0.4) is 0 Å². The maximum Gasteiger partial charge on any atom is 0.0897 e. The number of aryl methyl sites for hydroxylation is 1. The number of thiazole rings is 1. The molecular weight excluding hydrogens is 232 g/mol. The first-order valence-corrected chi connectivity index (χ1v) is 7.20. The summed E-state index contributed by atoms with van der Waals surface area (Å²) in [4.78, 5) is 4.53. The van der Waals surface area contributed by atoms with E-state index in [1.54, 1.807) is 18.4 Å². The first kappa shape index (κ1) is 14.6. The minimum atomic E-state index is 0.341. The van der Waals surface area contributed by atoms with Crippen molar-refractivity contribution in [3.63, 3.8) is 0 Å². The van der Waals surface area contributed by atoms with Crippen molar-refractivity contribution in [1.82, 2.24) is 10.3 Å². The third-order valence-electron chi connectivity index (χ3n) is 2.94. The highest BCUT2D eigenvalue weighted by molar-refractivity contribution is 7.09. The van der Waals surface area contributed by atoms with Crippen molar-refractivity contribution >= 4 is 11.3 Å². The van der Waals surface area contributed by atoms with Crippen molar-refractivity contribution in [3.8, 4) is 0 Å². The van der Waals surface area contributed by atoms with E-state index in [4.69, 9.17) is 4.74 Å². The molecule has 0 bridgehead atoms. The number of nitrogens with zero attached hydrogens (tertiary/aromatic N) is 1. The summed E-state index contributed by atoms with van der Waals surface area (Å²) in [5.74, 6) is 0. The van der Waals surface area contributed by atoms with Gasteiger partial charge in [-0.15, -0.1) is 11.3 Å². The summed E-state index contributed by atoms with van der Waals surface area (Å²) in [5, 5.41) is 6.85. The molecule has 2 atom stereocenters. The molecular formula is C13H24N2OS. The molecule has 1 heterocycles. The summed E-state index contributed by atoms with van der Waals surface area (Å²) in [5.41, 5.74) is 1.21. The summed E-state index contributed by atoms with van der Waals surface area (Å²) >= 11 is 1.73. The van der Waals surface area contributed by atoms with Crippen LogP contribution in [-0.2, 0) is 11.2 Å². The van der Waals surface area contributed by atoms with E-state index >= 15 is 0 Å². The minimum Gasteiger partial charge on any atom is -0.382 e. The highest BCUT2D eigenvalue weighted by atomic mass is 32.1. The molecule has 0 radical (unpaired) electrons. The van der Waals surface area contributed by atoms with E-state index in [9.17, 15) is 0 Å². The van der Waals surface area contributed by atoms with Gasteiger partial charge >= 0.3 is 0 Å².